The summed E-state index contributed by atoms with van der Waals surface area (Å²) in [5.41, 5.74) is 20.0. The third kappa shape index (κ3) is 18.1. The number of ketones is 2. The van der Waals surface area contributed by atoms with Crippen LogP contribution in [0.1, 0.15) is 175 Å². The van der Waals surface area contributed by atoms with E-state index in [0.717, 1.165) is 195 Å². The molecule has 19 nitrogen and oxygen atoms in total. The number of hydrogen-bond donors (Lipinski definition) is 1. The minimum absolute atomic E-state index is 0.120. The lowest BCUT2D eigenvalue weighted by molar-refractivity contribution is 0.100. The summed E-state index contributed by atoms with van der Waals surface area (Å²) in [6.07, 6.45) is 9.77. The van der Waals surface area contributed by atoms with E-state index in [0.29, 0.717) is 106 Å². The van der Waals surface area contributed by atoms with E-state index in [1.165, 1.54) is 36.8 Å². The molecule has 712 valence electrons. The highest BCUT2D eigenvalue weighted by atomic mass is 32.1. The van der Waals surface area contributed by atoms with Gasteiger partial charge in [-0.2, -0.15) is 0 Å². The van der Waals surface area contributed by atoms with Crippen LogP contribution in [-0.2, 0) is 0 Å². The zero-order valence-corrected chi connectivity index (χ0v) is 80.9. The normalized spacial score (nSPS) is 12.9. The first-order chi connectivity index (χ1) is 70.7. The molecule has 0 aliphatic heterocycles. The highest BCUT2D eigenvalue weighted by Gasteiger charge is 2.36. The minimum atomic E-state index is -0.401. The van der Waals surface area contributed by atoms with Gasteiger partial charge in [-0.25, -0.2) is 24.0 Å². The highest BCUT2D eigenvalue weighted by molar-refractivity contribution is 7.81. The average molecular weight is 1930 g/mol. The van der Waals surface area contributed by atoms with Crippen LogP contribution in [0.15, 0.2) is 407 Å². The maximum atomic E-state index is 13.4. The van der Waals surface area contributed by atoms with Crippen molar-refractivity contribution in [1.82, 2.24) is 0 Å². The van der Waals surface area contributed by atoms with Crippen molar-refractivity contribution in [3.8, 4) is 33.4 Å². The van der Waals surface area contributed by atoms with Crippen molar-refractivity contribution in [2.75, 3.05) is 7.05 Å². The van der Waals surface area contributed by atoms with Crippen LogP contribution in [0.3, 0.4) is 0 Å². The second-order valence-corrected chi connectivity index (χ2v) is 37.0. The number of rotatable bonds is 15. The fraction of sp³-hybridized carbons (Fsp3) is 0.136. The number of carbonyl (C=O) groups is 2. The Labute approximate surface area is 834 Å². The Kier molecular flexibility index (Phi) is 26.0. The van der Waals surface area contributed by atoms with Crippen LogP contribution in [0.2, 0.25) is 0 Å². The van der Waals surface area contributed by atoms with Crippen LogP contribution in [0.5, 0.6) is 0 Å². The summed E-state index contributed by atoms with van der Waals surface area (Å²) in [6.45, 7) is 9.51. The molecular weight excluding hydrogens is 1830 g/mol. The fourth-order valence-corrected chi connectivity index (χ4v) is 20.9. The van der Waals surface area contributed by atoms with Gasteiger partial charge in [0.05, 0.1) is 31.8 Å². The predicted molar refractivity (Wildman–Crippen MR) is 576 cm³/mol. The summed E-state index contributed by atoms with van der Waals surface area (Å²) in [7, 11) is 1.76. The lowest BCUT2D eigenvalue weighted by atomic mass is 9.81. The van der Waals surface area contributed by atoms with E-state index in [9.17, 15) is 33.6 Å². The summed E-state index contributed by atoms with van der Waals surface area (Å²) in [4.78, 5) is 92.5. The van der Waals surface area contributed by atoms with Gasteiger partial charge >= 0.3 is 28.1 Å². The van der Waals surface area contributed by atoms with Crippen LogP contribution in [-0.4, -0.2) is 34.9 Å². The highest BCUT2D eigenvalue weighted by Crippen LogP contribution is 2.49. The van der Waals surface area contributed by atoms with Gasteiger partial charge < -0.3 is 44.2 Å². The molecule has 0 bridgehead atoms. The Hall–Kier alpha value is -17.6. The van der Waals surface area contributed by atoms with E-state index in [4.69, 9.17) is 61.8 Å². The molecule has 0 unspecified atom stereocenters. The summed E-state index contributed by atoms with van der Waals surface area (Å²) < 4.78 is 59.3. The molecule has 10 heterocycles. The van der Waals surface area contributed by atoms with E-state index in [1.807, 2.05) is 326 Å². The van der Waals surface area contributed by atoms with Gasteiger partial charge in [0.2, 0.25) is 11.6 Å². The number of aryl methyl sites for hydroxylation is 5. The van der Waals surface area contributed by atoms with Crippen LogP contribution in [0.25, 0.3) is 143 Å². The molecule has 2 aliphatic carbocycles. The Morgan fingerprint density at radius 2 is 0.524 bits per heavy atom. The number of benzene rings is 13. The molecule has 1 N–H and O–H groups in total. The lowest BCUT2D eigenvalue weighted by Gasteiger charge is -2.22. The monoisotopic (exact) mass is 1930 g/mol. The first-order valence-electron chi connectivity index (χ1n) is 48.3. The number of hydrogen-bond acceptors (Lipinski definition) is 20. The Bertz CT molecular complexity index is 9130. The van der Waals surface area contributed by atoms with Gasteiger partial charge in [0.15, 0.2) is 28.8 Å². The second kappa shape index (κ2) is 40.2. The van der Waals surface area contributed by atoms with Crippen molar-refractivity contribution in [2.45, 2.75) is 104 Å². The number of nitrogens with one attached hydrogen (secondary N) is 1. The van der Waals surface area contributed by atoms with E-state index < -0.39 is 5.63 Å². The van der Waals surface area contributed by atoms with E-state index in [1.54, 1.807) is 19.2 Å². The number of aliphatic imine (C=N–C) groups is 1. The van der Waals surface area contributed by atoms with Gasteiger partial charge in [-0.1, -0.05) is 287 Å². The van der Waals surface area contributed by atoms with E-state index in [2.05, 4.69) is 4.99 Å². The molecule has 0 saturated heterocycles. The summed E-state index contributed by atoms with van der Waals surface area (Å²) >= 11 is 5.80. The molecule has 13 aromatic carbocycles. The molecule has 0 spiro atoms. The van der Waals surface area contributed by atoms with Gasteiger partial charge in [0, 0.05) is 114 Å². The largest absolute Gasteiger partial charge is 0.454 e. The molecule has 2 aliphatic rings. The van der Waals surface area contributed by atoms with Crippen LogP contribution in [0, 0.1) is 40.0 Å². The lowest BCUT2D eigenvalue weighted by Crippen LogP contribution is -2.10. The van der Waals surface area contributed by atoms with Gasteiger partial charge in [-0.3, -0.25) is 20.0 Å². The molecular formula is C125H94N2O17S. The smallest absolute Gasteiger partial charge is 0.336 e. The zero-order chi connectivity index (χ0) is 99.8. The predicted octanol–water partition coefficient (Wildman–Crippen LogP) is 30.1. The summed E-state index contributed by atoms with van der Waals surface area (Å²) in [6, 6.07) is 104. The van der Waals surface area contributed by atoms with E-state index in [-0.39, 0.29) is 51.6 Å². The minimum Gasteiger partial charge on any atom is -0.454 e. The van der Waals surface area contributed by atoms with Crippen molar-refractivity contribution in [2.24, 2.45) is 4.99 Å². The molecule has 20 heteroatoms. The third-order valence-electron chi connectivity index (χ3n) is 27.4. The number of nitrogens with zero attached hydrogens (tertiary/aromatic N) is 1. The Balaban J connectivity index is 0.000000107. The Morgan fingerprint density at radius 3 is 0.848 bits per heavy atom. The second-order valence-electron chi connectivity index (χ2n) is 36.6. The van der Waals surface area contributed by atoms with Crippen molar-refractivity contribution >= 4 is 150 Å². The van der Waals surface area contributed by atoms with Crippen molar-refractivity contribution in [3.05, 3.63) is 481 Å². The van der Waals surface area contributed by atoms with Gasteiger partial charge in [0.25, 0.3) is 0 Å². The zero-order valence-electron chi connectivity index (χ0n) is 80.1. The summed E-state index contributed by atoms with van der Waals surface area (Å²) in [5, 5.41) is 17.0. The molecule has 10 aromatic heterocycles. The quantitative estimate of drug-likeness (QED) is 0.0432. The Morgan fingerprint density at radius 1 is 0.276 bits per heavy atom. The van der Waals surface area contributed by atoms with Crippen molar-refractivity contribution < 1.29 is 53.8 Å². The van der Waals surface area contributed by atoms with E-state index >= 15 is 0 Å². The van der Waals surface area contributed by atoms with Gasteiger partial charge in [0.1, 0.15) is 67.3 Å². The summed E-state index contributed by atoms with van der Waals surface area (Å²) in [5.74, 6) is 2.69. The first-order valence-corrected chi connectivity index (χ1v) is 48.7. The molecule has 25 rings (SSSR count). The van der Waals surface area contributed by atoms with Gasteiger partial charge in [-0.15, -0.1) is 0 Å². The maximum Gasteiger partial charge on any atom is 0.336 e. The standard InChI is InChI=1S/C26H19NO3.C25H17NO3.C25H22O4.C25H16O3S.C24H20O4/c1-16-15-21(28)30-25-19(16)13-14-20-23(25)22(17-9-5-3-6-10-17)26(29-20)24(27-2)18-11-7-4-8-12-18;1-15-14-20(27)29-24-18(15)12-13-19-22(24)21(16-8-4-2-5-9-16)25(28-19)23(26)17-10-6-3-7-11-17;1-15-14-20(26)29-24-18(15)12-13-19-22(24)21(16-8-4-2-5-9-16)25(28-19)23(27)17-10-6-3-7-11-17;1-15-14-20(26)28-23-18(15)12-13-19-22(23)21(16-8-4-2-5-9-16)24(27-19)25(29)17-10-6-3-7-11-17;1-14-13-19(25)28-23-17(14)11-12-18-21(23)20(15-7-5-6-8-15)24(27-18)22(26)16-9-3-2-4-10-16/h3-15H,1-2H3;2-14,26H,1H3;3,6-7,10-14,16H,2,4-5,8-9H2,1H3;2-14H,1H3;2-4,9-13,15H,5-8H2,1H3. The van der Waals surface area contributed by atoms with Crippen LogP contribution in [0.4, 0.5) is 0 Å². The van der Waals surface area contributed by atoms with Gasteiger partial charge in [-0.05, 0) is 183 Å². The maximum absolute atomic E-state index is 13.4. The van der Waals surface area contributed by atoms with Crippen LogP contribution >= 0.6 is 12.2 Å². The first kappa shape index (κ1) is 93.7. The molecule has 0 radical (unpaired) electrons. The van der Waals surface area contributed by atoms with Crippen molar-refractivity contribution in [3.63, 3.8) is 0 Å². The fourth-order valence-electron chi connectivity index (χ4n) is 20.6. The van der Waals surface area contributed by atoms with Crippen molar-refractivity contribution in [1.29, 1.82) is 5.41 Å². The molecule has 2 saturated carbocycles. The molecule has 2 fully saturated rings. The van der Waals surface area contributed by atoms with Crippen LogP contribution < -0.4 is 28.1 Å². The third-order valence-corrected chi connectivity index (χ3v) is 27.8. The molecule has 23 aromatic rings. The molecule has 0 amide bonds. The molecule has 0 atom stereocenters. The average Bonchev–Trinajstić information content (AvgIpc) is 1.64. The number of furan rings is 5. The number of thiocarbonyl (C=S) groups is 1. The molecule has 145 heavy (non-hydrogen) atoms. The SMILES string of the molecule is CN=C(c1ccccc1)c1oc2ccc3c(C)cc(=O)oc3c2c1-c1ccccc1.Cc1cc(=O)oc2c1ccc1oc(C(=N)c3ccccc3)c(-c3ccccc3)c12.Cc1cc(=O)oc2c1ccc1oc(C(=O)c3ccccc3)c(C3CCCC3)c12.Cc1cc(=O)oc2c1ccc1oc(C(=O)c3ccccc3)c(C3CCCCC3)c12.Cc1cc(=O)oc2c1ccc1oc(C(=S)c3ccccc3)c(-c3ccccc3)c12. The topological polar surface area (TPSA) is 287 Å². The number of fused-ring (bicyclic) bond motifs is 15. The number of carbonyl (C=O) groups excluding carboxylic acids is 2.